The fourth-order valence-electron chi connectivity index (χ4n) is 2.93. The quantitative estimate of drug-likeness (QED) is 0.398. The molecular formula is C21H16F3N3O5S. The van der Waals surface area contributed by atoms with Gasteiger partial charge in [0.1, 0.15) is 6.54 Å². The molecule has 1 N–H and O–H groups in total. The van der Waals surface area contributed by atoms with Crippen LogP contribution in [0.5, 0.6) is 0 Å². The zero-order valence-electron chi connectivity index (χ0n) is 16.7. The largest absolute Gasteiger partial charge is 0.416 e. The summed E-state index contributed by atoms with van der Waals surface area (Å²) in [4.78, 5) is 22.5. The van der Waals surface area contributed by atoms with E-state index in [9.17, 15) is 36.5 Å². The molecule has 12 heteroatoms. The van der Waals surface area contributed by atoms with Crippen LogP contribution in [0.4, 0.5) is 30.2 Å². The van der Waals surface area contributed by atoms with Gasteiger partial charge in [-0.3, -0.25) is 19.2 Å². The normalized spacial score (nSPS) is 11.6. The van der Waals surface area contributed by atoms with E-state index in [0.29, 0.717) is 4.31 Å². The molecule has 0 aliphatic rings. The van der Waals surface area contributed by atoms with Crippen LogP contribution in [0.2, 0.25) is 0 Å². The van der Waals surface area contributed by atoms with Gasteiger partial charge < -0.3 is 5.32 Å². The van der Waals surface area contributed by atoms with E-state index in [-0.39, 0.29) is 11.4 Å². The summed E-state index contributed by atoms with van der Waals surface area (Å²) in [5.41, 5.74) is -1.49. The van der Waals surface area contributed by atoms with Gasteiger partial charge in [-0.2, -0.15) is 13.2 Å². The minimum Gasteiger partial charge on any atom is -0.325 e. The molecule has 0 spiro atoms. The monoisotopic (exact) mass is 479 g/mol. The molecule has 0 aliphatic heterocycles. The highest BCUT2D eigenvalue weighted by molar-refractivity contribution is 7.93. The average Bonchev–Trinajstić information content (AvgIpc) is 2.77. The molecular weight excluding hydrogens is 463 g/mol. The molecule has 0 saturated heterocycles. The van der Waals surface area contributed by atoms with Gasteiger partial charge >= 0.3 is 6.18 Å². The molecule has 0 unspecified atom stereocenters. The van der Waals surface area contributed by atoms with Gasteiger partial charge in [-0.25, -0.2) is 8.42 Å². The molecule has 0 aromatic heterocycles. The number of halogens is 3. The molecule has 33 heavy (non-hydrogen) atoms. The van der Waals surface area contributed by atoms with E-state index in [2.05, 4.69) is 5.32 Å². The highest BCUT2D eigenvalue weighted by atomic mass is 32.2. The molecule has 0 saturated carbocycles. The predicted molar refractivity (Wildman–Crippen MR) is 114 cm³/mol. The number of benzene rings is 3. The summed E-state index contributed by atoms with van der Waals surface area (Å²) in [5, 5.41) is 13.7. The van der Waals surface area contributed by atoms with E-state index in [1.54, 1.807) is 6.07 Å². The number of para-hydroxylation sites is 2. The van der Waals surface area contributed by atoms with Crippen molar-refractivity contribution in [2.45, 2.75) is 11.1 Å². The molecule has 1 amide bonds. The first-order valence-electron chi connectivity index (χ1n) is 9.28. The van der Waals surface area contributed by atoms with Crippen LogP contribution in [0.1, 0.15) is 5.56 Å². The van der Waals surface area contributed by atoms with Gasteiger partial charge in [-0.15, -0.1) is 0 Å². The Kier molecular flexibility index (Phi) is 6.68. The zero-order chi connectivity index (χ0) is 24.2. The number of alkyl halides is 3. The molecule has 3 aromatic carbocycles. The highest BCUT2D eigenvalue weighted by Crippen LogP contribution is 2.31. The Morgan fingerprint density at radius 3 is 2.09 bits per heavy atom. The summed E-state index contributed by atoms with van der Waals surface area (Å²) in [6, 6.07) is 15.8. The van der Waals surface area contributed by atoms with Gasteiger partial charge in [0.15, 0.2) is 4.90 Å². The van der Waals surface area contributed by atoms with Crippen molar-refractivity contribution in [1.82, 2.24) is 0 Å². The molecule has 0 fully saturated rings. The van der Waals surface area contributed by atoms with Gasteiger partial charge in [-0.1, -0.05) is 30.3 Å². The molecule has 3 rings (SSSR count). The Morgan fingerprint density at radius 1 is 0.939 bits per heavy atom. The minimum atomic E-state index is -4.56. The number of rotatable bonds is 7. The third-order valence-corrected chi connectivity index (χ3v) is 6.28. The third-order valence-electron chi connectivity index (χ3n) is 4.46. The van der Waals surface area contributed by atoms with Crippen molar-refractivity contribution in [2.75, 3.05) is 16.2 Å². The third kappa shape index (κ3) is 5.47. The van der Waals surface area contributed by atoms with Crippen LogP contribution >= 0.6 is 0 Å². The average molecular weight is 479 g/mol. The number of nitrogens with one attached hydrogen (secondary N) is 1. The Hall–Kier alpha value is -3.93. The lowest BCUT2D eigenvalue weighted by molar-refractivity contribution is -0.387. The van der Waals surface area contributed by atoms with E-state index in [1.165, 1.54) is 36.4 Å². The van der Waals surface area contributed by atoms with Crippen LogP contribution in [0.3, 0.4) is 0 Å². The summed E-state index contributed by atoms with van der Waals surface area (Å²) in [7, 11) is -4.56. The van der Waals surface area contributed by atoms with Gasteiger partial charge in [0.05, 0.1) is 16.2 Å². The molecule has 8 nitrogen and oxygen atoms in total. The van der Waals surface area contributed by atoms with Crippen molar-refractivity contribution in [3.05, 3.63) is 94.5 Å². The number of carbonyl (C=O) groups excluding carboxylic acids is 1. The summed E-state index contributed by atoms with van der Waals surface area (Å²) in [5.74, 6) is -0.860. The maximum Gasteiger partial charge on any atom is 0.416 e. The smallest absolute Gasteiger partial charge is 0.325 e. The maximum atomic E-state index is 13.3. The van der Waals surface area contributed by atoms with E-state index >= 15 is 0 Å². The van der Waals surface area contributed by atoms with Gasteiger partial charge in [0.2, 0.25) is 5.91 Å². The summed E-state index contributed by atoms with van der Waals surface area (Å²) >= 11 is 0. The molecule has 0 aliphatic carbocycles. The number of nitro groups is 1. The fraction of sp³-hybridized carbons (Fsp3) is 0.0952. The SMILES string of the molecule is O=C(CN(c1ccccc1)S(=O)(=O)c1ccccc1[N+](=O)[O-])Nc1ccc(C(F)(F)F)cc1. The number of amides is 1. The first-order valence-corrected chi connectivity index (χ1v) is 10.7. The van der Waals surface area contributed by atoms with Crippen molar-refractivity contribution >= 4 is 33.0 Å². The molecule has 172 valence electrons. The second kappa shape index (κ2) is 9.28. The van der Waals surface area contributed by atoms with Gasteiger partial charge in [-0.05, 0) is 42.5 Å². The van der Waals surface area contributed by atoms with Crippen molar-refractivity contribution in [1.29, 1.82) is 0 Å². The number of carbonyl (C=O) groups is 1. The second-order valence-corrected chi connectivity index (χ2v) is 8.53. The van der Waals surface area contributed by atoms with Crippen molar-refractivity contribution in [3.63, 3.8) is 0 Å². The van der Waals surface area contributed by atoms with Crippen molar-refractivity contribution in [3.8, 4) is 0 Å². The van der Waals surface area contributed by atoms with Crippen LogP contribution in [-0.2, 0) is 21.0 Å². The second-order valence-electron chi connectivity index (χ2n) is 6.70. The number of hydrogen-bond acceptors (Lipinski definition) is 5. The lowest BCUT2D eigenvalue weighted by Gasteiger charge is -2.24. The van der Waals surface area contributed by atoms with Crippen molar-refractivity contribution in [2.24, 2.45) is 0 Å². The standard InChI is InChI=1S/C21H16F3N3O5S/c22-21(23,24)15-10-12-16(13-11-15)25-20(28)14-26(17-6-2-1-3-7-17)33(31,32)19-9-5-4-8-18(19)27(29)30/h1-13H,14H2,(H,25,28). The Bertz CT molecular complexity index is 1260. The summed E-state index contributed by atoms with van der Waals surface area (Å²) < 4.78 is 65.5. The lowest BCUT2D eigenvalue weighted by Crippen LogP contribution is -2.38. The fourth-order valence-corrected chi connectivity index (χ4v) is 4.51. The van der Waals surface area contributed by atoms with Crippen LogP contribution < -0.4 is 9.62 Å². The first kappa shape index (κ1) is 23.7. The highest BCUT2D eigenvalue weighted by Gasteiger charge is 2.33. The number of hydrogen-bond donors (Lipinski definition) is 1. The van der Waals surface area contributed by atoms with Crippen LogP contribution in [0.25, 0.3) is 0 Å². The van der Waals surface area contributed by atoms with Gasteiger partial charge in [0, 0.05) is 11.8 Å². The number of anilines is 2. The van der Waals surface area contributed by atoms with Crippen molar-refractivity contribution < 1.29 is 31.3 Å². The van der Waals surface area contributed by atoms with E-state index in [4.69, 9.17) is 0 Å². The molecule has 0 heterocycles. The number of sulfonamides is 1. The molecule has 0 radical (unpaired) electrons. The molecule has 0 bridgehead atoms. The minimum absolute atomic E-state index is 0.0177. The van der Waals surface area contributed by atoms with E-state index < -0.39 is 49.7 Å². The number of nitrogens with zero attached hydrogens (tertiary/aromatic N) is 2. The van der Waals surface area contributed by atoms with Gasteiger partial charge in [0.25, 0.3) is 15.7 Å². The Morgan fingerprint density at radius 2 is 1.52 bits per heavy atom. The topological polar surface area (TPSA) is 110 Å². The number of nitro benzene ring substituents is 1. The Balaban J connectivity index is 1.93. The van der Waals surface area contributed by atoms with E-state index in [1.807, 2.05) is 0 Å². The molecule has 3 aromatic rings. The summed E-state index contributed by atoms with van der Waals surface area (Å²) in [6.07, 6.45) is -4.55. The van der Waals surface area contributed by atoms with Crippen LogP contribution in [0.15, 0.2) is 83.8 Å². The van der Waals surface area contributed by atoms with Crippen LogP contribution in [0, 0.1) is 10.1 Å². The molecule has 0 atom stereocenters. The summed E-state index contributed by atoms with van der Waals surface area (Å²) in [6.45, 7) is -0.778. The van der Waals surface area contributed by atoms with Crippen LogP contribution in [-0.4, -0.2) is 25.8 Å². The maximum absolute atomic E-state index is 13.3. The lowest BCUT2D eigenvalue weighted by atomic mass is 10.2. The van der Waals surface area contributed by atoms with E-state index in [0.717, 1.165) is 36.4 Å². The Labute approximate surface area is 186 Å². The zero-order valence-corrected chi connectivity index (χ0v) is 17.5. The predicted octanol–water partition coefficient (Wildman–Crippen LogP) is 4.45. The first-order chi connectivity index (χ1) is 15.5.